The zero-order valence-electron chi connectivity index (χ0n) is 12.3. The summed E-state index contributed by atoms with van der Waals surface area (Å²) in [5, 5.41) is 11.1. The number of nitro groups is 1. The molecule has 8 nitrogen and oxygen atoms in total. The van der Waals surface area contributed by atoms with E-state index < -0.39 is 18.2 Å². The number of benzene rings is 1. The topological polar surface area (TPSA) is 97.1 Å². The van der Waals surface area contributed by atoms with Crippen molar-refractivity contribution in [2.75, 3.05) is 27.4 Å². The molecule has 0 N–H and O–H groups in total. The van der Waals surface area contributed by atoms with Crippen LogP contribution in [0.2, 0.25) is 0 Å². The molecule has 0 heterocycles. The van der Waals surface area contributed by atoms with Crippen molar-refractivity contribution in [3.8, 4) is 11.5 Å². The fraction of sp³-hybridized carbons (Fsp3) is 0.500. The molecular weight excluding hydrogens is 301 g/mol. The number of nitrogens with zero attached hydrogens (tertiary/aromatic N) is 1. The molecular formula is C12H18NO7P. The van der Waals surface area contributed by atoms with Crippen LogP contribution in [-0.2, 0) is 13.6 Å². The Morgan fingerprint density at radius 1 is 1.10 bits per heavy atom. The zero-order valence-corrected chi connectivity index (χ0v) is 13.2. The van der Waals surface area contributed by atoms with Gasteiger partial charge < -0.3 is 18.5 Å². The maximum absolute atomic E-state index is 12.8. The van der Waals surface area contributed by atoms with Gasteiger partial charge in [-0.25, -0.2) is 0 Å². The number of nitro benzene ring substituents is 1. The molecule has 9 heteroatoms. The first-order valence-corrected chi connectivity index (χ1v) is 7.77. The van der Waals surface area contributed by atoms with Gasteiger partial charge in [-0.05, 0) is 13.8 Å². The summed E-state index contributed by atoms with van der Waals surface area (Å²) in [4.78, 5) is 10.6. The lowest BCUT2D eigenvalue weighted by molar-refractivity contribution is -0.383. The van der Waals surface area contributed by atoms with Crippen LogP contribution in [-0.4, -0.2) is 32.4 Å². The van der Waals surface area contributed by atoms with Crippen molar-refractivity contribution in [2.45, 2.75) is 13.8 Å². The van der Waals surface area contributed by atoms with E-state index >= 15 is 0 Å². The lowest BCUT2D eigenvalue weighted by Crippen LogP contribution is -2.16. The highest BCUT2D eigenvalue weighted by Crippen LogP contribution is 2.51. The van der Waals surface area contributed by atoms with Gasteiger partial charge in [-0.3, -0.25) is 14.7 Å². The number of methoxy groups -OCH3 is 2. The van der Waals surface area contributed by atoms with Crippen LogP contribution < -0.4 is 14.8 Å². The van der Waals surface area contributed by atoms with Gasteiger partial charge in [0.05, 0.1) is 38.4 Å². The molecule has 1 aromatic carbocycles. The van der Waals surface area contributed by atoms with Gasteiger partial charge in [-0.15, -0.1) is 0 Å². The Kier molecular flexibility index (Phi) is 6.14. The molecule has 21 heavy (non-hydrogen) atoms. The Morgan fingerprint density at radius 2 is 1.57 bits per heavy atom. The fourth-order valence-corrected chi connectivity index (χ4v) is 3.47. The van der Waals surface area contributed by atoms with Crippen molar-refractivity contribution >= 4 is 18.6 Å². The van der Waals surface area contributed by atoms with Crippen molar-refractivity contribution < 1.29 is 28.0 Å². The minimum Gasteiger partial charge on any atom is -0.493 e. The van der Waals surface area contributed by atoms with Gasteiger partial charge in [0.25, 0.3) is 5.69 Å². The third kappa shape index (κ3) is 3.72. The SMILES string of the molecule is CCOP(=O)(OCC)c1cc(OC)c(OC)cc1[N+](=O)[O-]. The van der Waals surface area contributed by atoms with Gasteiger partial charge >= 0.3 is 7.60 Å². The van der Waals surface area contributed by atoms with E-state index in [9.17, 15) is 14.7 Å². The second kappa shape index (κ2) is 7.40. The first kappa shape index (κ1) is 17.4. The third-order valence-electron chi connectivity index (χ3n) is 2.57. The summed E-state index contributed by atoms with van der Waals surface area (Å²) in [6, 6.07) is 2.39. The molecule has 0 radical (unpaired) electrons. The fourth-order valence-electron chi connectivity index (χ4n) is 1.74. The number of hydrogen-bond donors (Lipinski definition) is 0. The normalized spacial score (nSPS) is 11.2. The first-order valence-electron chi connectivity index (χ1n) is 6.23. The van der Waals surface area contributed by atoms with Crippen molar-refractivity contribution in [3.05, 3.63) is 22.2 Å². The monoisotopic (exact) mass is 319 g/mol. The molecule has 0 amide bonds. The molecule has 0 aliphatic heterocycles. The predicted octanol–water partition coefficient (Wildman–Crippen LogP) is 2.50. The van der Waals surface area contributed by atoms with E-state index in [0.29, 0.717) is 0 Å². The van der Waals surface area contributed by atoms with E-state index in [4.69, 9.17) is 18.5 Å². The molecule has 0 aliphatic carbocycles. The van der Waals surface area contributed by atoms with Crippen molar-refractivity contribution in [1.82, 2.24) is 0 Å². The number of ether oxygens (including phenoxy) is 2. The maximum Gasteiger partial charge on any atom is 0.368 e. The summed E-state index contributed by atoms with van der Waals surface area (Å²) in [6.45, 7) is 3.42. The van der Waals surface area contributed by atoms with Crippen molar-refractivity contribution in [3.63, 3.8) is 0 Å². The average Bonchev–Trinajstić information content (AvgIpc) is 2.46. The molecule has 0 aliphatic rings. The molecule has 0 bridgehead atoms. The zero-order chi connectivity index (χ0) is 16.0. The maximum atomic E-state index is 12.8. The number of hydrogen-bond acceptors (Lipinski definition) is 7. The van der Waals surface area contributed by atoms with Gasteiger partial charge in [0.15, 0.2) is 11.5 Å². The highest BCUT2D eigenvalue weighted by Gasteiger charge is 2.36. The lowest BCUT2D eigenvalue weighted by Gasteiger charge is -2.18. The van der Waals surface area contributed by atoms with Crippen LogP contribution in [0.1, 0.15) is 13.8 Å². The van der Waals surface area contributed by atoms with Crippen LogP contribution in [0.15, 0.2) is 12.1 Å². The molecule has 118 valence electrons. The van der Waals surface area contributed by atoms with Crippen molar-refractivity contribution in [2.24, 2.45) is 0 Å². The second-order valence-electron chi connectivity index (χ2n) is 3.79. The van der Waals surface area contributed by atoms with Crippen LogP contribution in [0.5, 0.6) is 11.5 Å². The summed E-state index contributed by atoms with van der Waals surface area (Å²) >= 11 is 0. The van der Waals surface area contributed by atoms with E-state index in [1.807, 2.05) is 0 Å². The lowest BCUT2D eigenvalue weighted by atomic mass is 10.3. The molecule has 0 spiro atoms. The molecule has 0 fully saturated rings. The molecule has 1 aromatic rings. The highest BCUT2D eigenvalue weighted by atomic mass is 31.2. The van der Waals surface area contributed by atoms with E-state index in [-0.39, 0.29) is 30.0 Å². The Bertz CT molecular complexity index is 551. The highest BCUT2D eigenvalue weighted by molar-refractivity contribution is 7.62. The van der Waals surface area contributed by atoms with Crippen molar-refractivity contribution in [1.29, 1.82) is 0 Å². The molecule has 0 unspecified atom stereocenters. The van der Waals surface area contributed by atoms with E-state index in [1.165, 1.54) is 20.3 Å². The first-order chi connectivity index (χ1) is 9.93. The Hall–Kier alpha value is -1.63. The van der Waals surface area contributed by atoms with Gasteiger partial charge in [0, 0.05) is 6.07 Å². The molecule has 0 saturated heterocycles. The van der Waals surface area contributed by atoms with Gasteiger partial charge in [-0.1, -0.05) is 0 Å². The van der Waals surface area contributed by atoms with Crippen LogP contribution >= 0.6 is 7.60 Å². The second-order valence-corrected chi connectivity index (χ2v) is 5.78. The van der Waals surface area contributed by atoms with E-state index in [2.05, 4.69) is 0 Å². The van der Waals surface area contributed by atoms with Gasteiger partial charge in [-0.2, -0.15) is 0 Å². The van der Waals surface area contributed by atoms with Gasteiger partial charge in [0.1, 0.15) is 5.30 Å². The molecule has 1 rings (SSSR count). The average molecular weight is 319 g/mol. The van der Waals surface area contributed by atoms with E-state index in [1.54, 1.807) is 13.8 Å². The largest absolute Gasteiger partial charge is 0.493 e. The Balaban J connectivity index is 3.57. The van der Waals surface area contributed by atoms with Crippen LogP contribution in [0, 0.1) is 10.1 Å². The Labute approximate surface area is 122 Å². The molecule has 0 saturated carbocycles. The summed E-state index contributed by atoms with van der Waals surface area (Å²) in [7, 11) is -1.08. The molecule has 0 aromatic heterocycles. The summed E-state index contributed by atoms with van der Waals surface area (Å²) < 4.78 is 33.2. The summed E-state index contributed by atoms with van der Waals surface area (Å²) in [6.07, 6.45) is 0. The quantitative estimate of drug-likeness (QED) is 0.412. The van der Waals surface area contributed by atoms with Crippen LogP contribution in [0.25, 0.3) is 0 Å². The molecule has 0 atom stereocenters. The smallest absolute Gasteiger partial charge is 0.368 e. The van der Waals surface area contributed by atoms with E-state index in [0.717, 1.165) is 6.07 Å². The van der Waals surface area contributed by atoms with Crippen LogP contribution in [0.4, 0.5) is 5.69 Å². The predicted molar refractivity (Wildman–Crippen MR) is 76.7 cm³/mol. The third-order valence-corrected chi connectivity index (χ3v) is 4.72. The van der Waals surface area contributed by atoms with Gasteiger partial charge in [0.2, 0.25) is 0 Å². The number of rotatable bonds is 8. The minimum atomic E-state index is -3.81. The minimum absolute atomic E-state index is 0.0861. The summed E-state index contributed by atoms with van der Waals surface area (Å²) in [5.41, 5.74) is -0.405. The summed E-state index contributed by atoms with van der Waals surface area (Å²) in [5.74, 6) is 0.366. The van der Waals surface area contributed by atoms with Crippen LogP contribution in [0.3, 0.4) is 0 Å². The standard InChI is InChI=1S/C12H18NO7P/c1-5-19-21(16,20-6-2)12-8-11(18-4)10(17-3)7-9(12)13(14)15/h7-8H,5-6H2,1-4H3. The Morgan fingerprint density at radius 3 is 1.95 bits per heavy atom.